The Bertz CT molecular complexity index is 715. The van der Waals surface area contributed by atoms with E-state index in [4.69, 9.17) is 23.2 Å². The number of halogens is 2. The van der Waals surface area contributed by atoms with Crippen LogP contribution in [0.5, 0.6) is 0 Å². The van der Waals surface area contributed by atoms with Crippen LogP contribution < -0.4 is 10.6 Å². The molecule has 6 heteroatoms. The second kappa shape index (κ2) is 7.99. The molecule has 0 saturated heterocycles. The van der Waals surface area contributed by atoms with Gasteiger partial charge in [-0.25, -0.2) is 0 Å². The minimum Gasteiger partial charge on any atom is -0.347 e. The van der Waals surface area contributed by atoms with Gasteiger partial charge in [-0.05, 0) is 30.7 Å². The Balaban J connectivity index is 1.80. The summed E-state index contributed by atoms with van der Waals surface area (Å²) in [7, 11) is 0. The summed E-state index contributed by atoms with van der Waals surface area (Å²) >= 11 is 11.7. The molecule has 0 bridgehead atoms. The van der Waals surface area contributed by atoms with Crippen LogP contribution in [-0.2, 0) is 16.0 Å². The third-order valence-electron chi connectivity index (χ3n) is 3.13. The van der Waals surface area contributed by atoms with Gasteiger partial charge in [-0.2, -0.15) is 0 Å². The van der Waals surface area contributed by atoms with E-state index in [1.54, 1.807) is 18.2 Å². The molecule has 120 valence electrons. The third-order valence-corrected chi connectivity index (χ3v) is 3.87. The van der Waals surface area contributed by atoms with E-state index in [9.17, 15) is 9.59 Å². The molecular weight excluding hydrogens is 335 g/mol. The molecule has 2 amide bonds. The fourth-order valence-corrected chi connectivity index (χ4v) is 2.21. The molecule has 0 saturated carbocycles. The van der Waals surface area contributed by atoms with Crippen molar-refractivity contribution in [2.75, 3.05) is 11.9 Å². The first-order chi connectivity index (χ1) is 10.9. The number of rotatable bonds is 5. The summed E-state index contributed by atoms with van der Waals surface area (Å²) in [5.74, 6) is -0.543. The Hall–Kier alpha value is -2.04. The van der Waals surface area contributed by atoms with Gasteiger partial charge >= 0.3 is 0 Å². The van der Waals surface area contributed by atoms with E-state index in [1.807, 2.05) is 31.2 Å². The fraction of sp³-hybridized carbons (Fsp3) is 0.176. The number of nitrogens with one attached hydrogen (secondary N) is 2. The van der Waals surface area contributed by atoms with Gasteiger partial charge in [-0.15, -0.1) is 0 Å². The molecule has 0 aromatic heterocycles. The van der Waals surface area contributed by atoms with E-state index in [0.717, 1.165) is 11.1 Å². The Kier molecular flexibility index (Phi) is 6.02. The maximum atomic E-state index is 11.8. The Labute approximate surface area is 144 Å². The quantitative estimate of drug-likeness (QED) is 0.865. The second-order valence-electron chi connectivity index (χ2n) is 5.12. The first kappa shape index (κ1) is 17.3. The maximum absolute atomic E-state index is 11.8. The number of hydrogen-bond acceptors (Lipinski definition) is 2. The van der Waals surface area contributed by atoms with Gasteiger partial charge in [-0.1, -0.05) is 53.0 Å². The average molecular weight is 351 g/mol. The predicted octanol–water partition coefficient (Wildman–Crippen LogP) is 3.60. The average Bonchev–Trinajstić information content (AvgIpc) is 2.51. The van der Waals surface area contributed by atoms with Gasteiger partial charge in [0, 0.05) is 5.69 Å². The molecule has 2 rings (SSSR count). The van der Waals surface area contributed by atoms with E-state index < -0.39 is 0 Å². The largest absolute Gasteiger partial charge is 0.347 e. The number of carbonyl (C=O) groups is 2. The van der Waals surface area contributed by atoms with Crippen molar-refractivity contribution in [3.05, 3.63) is 63.6 Å². The lowest BCUT2D eigenvalue weighted by Crippen LogP contribution is -2.33. The zero-order chi connectivity index (χ0) is 16.8. The van der Waals surface area contributed by atoms with Crippen molar-refractivity contribution in [3.63, 3.8) is 0 Å². The van der Waals surface area contributed by atoms with Crippen molar-refractivity contribution in [1.82, 2.24) is 5.32 Å². The number of anilines is 1. The van der Waals surface area contributed by atoms with E-state index in [0.29, 0.717) is 15.7 Å². The molecule has 0 spiro atoms. The van der Waals surface area contributed by atoms with Crippen LogP contribution in [-0.4, -0.2) is 18.4 Å². The van der Waals surface area contributed by atoms with Crippen LogP contribution in [0.15, 0.2) is 42.5 Å². The van der Waals surface area contributed by atoms with Crippen molar-refractivity contribution >= 4 is 40.7 Å². The van der Waals surface area contributed by atoms with Gasteiger partial charge in [0.2, 0.25) is 11.8 Å². The molecule has 0 aliphatic heterocycles. The van der Waals surface area contributed by atoms with Gasteiger partial charge in [-0.3, -0.25) is 9.59 Å². The predicted molar refractivity (Wildman–Crippen MR) is 93.0 cm³/mol. The maximum Gasteiger partial charge on any atom is 0.243 e. The number of carbonyl (C=O) groups excluding carboxylic acids is 2. The van der Waals surface area contributed by atoms with Crippen LogP contribution in [0.1, 0.15) is 11.1 Å². The highest BCUT2D eigenvalue weighted by Gasteiger charge is 2.08. The molecule has 0 aliphatic rings. The van der Waals surface area contributed by atoms with Gasteiger partial charge < -0.3 is 10.6 Å². The summed E-state index contributed by atoms with van der Waals surface area (Å²) in [6.45, 7) is 1.88. The smallest absolute Gasteiger partial charge is 0.243 e. The highest BCUT2D eigenvalue weighted by molar-refractivity contribution is 6.42. The van der Waals surface area contributed by atoms with Gasteiger partial charge in [0.15, 0.2) is 0 Å². The summed E-state index contributed by atoms with van der Waals surface area (Å²) in [6.07, 6.45) is 0.236. The third kappa shape index (κ3) is 5.58. The van der Waals surface area contributed by atoms with Crippen LogP contribution in [0.4, 0.5) is 5.69 Å². The summed E-state index contributed by atoms with van der Waals surface area (Å²) in [4.78, 5) is 23.6. The van der Waals surface area contributed by atoms with Crippen LogP contribution in [0.25, 0.3) is 0 Å². The van der Waals surface area contributed by atoms with Gasteiger partial charge in [0.25, 0.3) is 0 Å². The SMILES string of the molecule is Cc1ccc(CC(=O)NCC(=O)Nc2ccc(Cl)c(Cl)c2)cc1. The Morgan fingerprint density at radius 1 is 0.957 bits per heavy atom. The molecule has 0 radical (unpaired) electrons. The molecule has 4 nitrogen and oxygen atoms in total. The van der Waals surface area contributed by atoms with E-state index >= 15 is 0 Å². The highest BCUT2D eigenvalue weighted by Crippen LogP contribution is 2.24. The molecule has 2 aromatic rings. The van der Waals surface area contributed by atoms with Crippen LogP contribution in [0, 0.1) is 6.92 Å². The summed E-state index contributed by atoms with van der Waals surface area (Å²) in [6, 6.07) is 12.5. The molecule has 0 atom stereocenters. The van der Waals surface area contributed by atoms with E-state index in [2.05, 4.69) is 10.6 Å². The summed E-state index contributed by atoms with van der Waals surface area (Å²) in [5.41, 5.74) is 2.56. The minimum atomic E-state index is -0.333. The lowest BCUT2D eigenvalue weighted by Gasteiger charge is -2.08. The van der Waals surface area contributed by atoms with Crippen LogP contribution in [0.3, 0.4) is 0 Å². The normalized spacial score (nSPS) is 10.2. The zero-order valence-corrected chi connectivity index (χ0v) is 14.0. The minimum absolute atomic E-state index is 0.106. The van der Waals surface area contributed by atoms with E-state index in [1.165, 1.54) is 0 Å². The zero-order valence-electron chi connectivity index (χ0n) is 12.5. The molecule has 2 N–H and O–H groups in total. The summed E-state index contributed by atoms with van der Waals surface area (Å²) < 4.78 is 0. The Morgan fingerprint density at radius 3 is 2.30 bits per heavy atom. The molecular formula is C17H16Cl2N2O2. The standard InChI is InChI=1S/C17H16Cl2N2O2/c1-11-2-4-12(5-3-11)8-16(22)20-10-17(23)21-13-6-7-14(18)15(19)9-13/h2-7,9H,8,10H2,1H3,(H,20,22)(H,21,23). The highest BCUT2D eigenvalue weighted by atomic mass is 35.5. The monoisotopic (exact) mass is 350 g/mol. The van der Waals surface area contributed by atoms with Crippen LogP contribution >= 0.6 is 23.2 Å². The van der Waals surface area contributed by atoms with Crippen molar-refractivity contribution in [2.24, 2.45) is 0 Å². The number of amides is 2. The van der Waals surface area contributed by atoms with E-state index in [-0.39, 0.29) is 24.8 Å². The molecule has 23 heavy (non-hydrogen) atoms. The topological polar surface area (TPSA) is 58.2 Å². The van der Waals surface area contributed by atoms with Crippen molar-refractivity contribution < 1.29 is 9.59 Å². The molecule has 0 aliphatic carbocycles. The molecule has 0 fully saturated rings. The van der Waals surface area contributed by atoms with Gasteiger partial charge in [0.1, 0.15) is 0 Å². The first-order valence-corrected chi connectivity index (χ1v) is 7.77. The first-order valence-electron chi connectivity index (χ1n) is 7.01. The molecule has 2 aromatic carbocycles. The lowest BCUT2D eigenvalue weighted by molar-refractivity contribution is -0.123. The van der Waals surface area contributed by atoms with Crippen LogP contribution in [0.2, 0.25) is 10.0 Å². The van der Waals surface area contributed by atoms with Crippen molar-refractivity contribution in [2.45, 2.75) is 13.3 Å². The summed E-state index contributed by atoms with van der Waals surface area (Å²) in [5, 5.41) is 5.99. The second-order valence-corrected chi connectivity index (χ2v) is 5.93. The number of hydrogen-bond donors (Lipinski definition) is 2. The number of benzene rings is 2. The van der Waals surface area contributed by atoms with Crippen molar-refractivity contribution in [3.8, 4) is 0 Å². The Morgan fingerprint density at radius 2 is 1.65 bits per heavy atom. The number of aryl methyl sites for hydroxylation is 1. The molecule has 0 heterocycles. The van der Waals surface area contributed by atoms with Gasteiger partial charge in [0.05, 0.1) is 23.0 Å². The lowest BCUT2D eigenvalue weighted by atomic mass is 10.1. The fourth-order valence-electron chi connectivity index (χ4n) is 1.91. The van der Waals surface area contributed by atoms with Crippen molar-refractivity contribution in [1.29, 1.82) is 0 Å². The molecule has 0 unspecified atom stereocenters.